The molecule has 0 aromatic carbocycles. The van der Waals surface area contributed by atoms with Gasteiger partial charge in [-0.05, 0) is 25.5 Å². The molecular weight excluding hydrogens is 124 g/mol. The lowest BCUT2D eigenvalue weighted by atomic mass is 9.88. The van der Waals surface area contributed by atoms with Crippen molar-refractivity contribution in [3.63, 3.8) is 0 Å². The van der Waals surface area contributed by atoms with Gasteiger partial charge in [-0.3, -0.25) is 0 Å². The molecule has 4 N–H and O–H groups in total. The molecule has 0 radical (unpaired) electrons. The van der Waals surface area contributed by atoms with E-state index in [4.69, 9.17) is 5.41 Å². The molecule has 2 nitrogen and oxygen atoms in total. The molecule has 3 unspecified atom stereocenters. The predicted molar refractivity (Wildman–Crippen MR) is 44.1 cm³/mol. The summed E-state index contributed by atoms with van der Waals surface area (Å²) in [5, 5.41) is 6.92. The van der Waals surface area contributed by atoms with Crippen LogP contribution in [0.5, 0.6) is 0 Å². The van der Waals surface area contributed by atoms with Gasteiger partial charge in [0.15, 0.2) is 0 Å². The lowest BCUT2D eigenvalue weighted by Gasteiger charge is -2.18. The zero-order valence-electron chi connectivity index (χ0n) is 7.22. The maximum atomic E-state index is 6.92. The van der Waals surface area contributed by atoms with Crippen LogP contribution in [0.4, 0.5) is 0 Å². The third-order valence-corrected chi connectivity index (χ3v) is 2.28. The number of nitrogens with one attached hydrogen (secondary N) is 1. The van der Waals surface area contributed by atoms with E-state index in [2.05, 4.69) is 26.5 Å². The second-order valence-corrected chi connectivity index (χ2v) is 3.25. The maximum absolute atomic E-state index is 6.92. The quantitative estimate of drug-likeness (QED) is 0.550. The highest BCUT2D eigenvalue weighted by molar-refractivity contribution is 5.53. The maximum Gasteiger partial charge on any atom is 0.0843 e. The summed E-state index contributed by atoms with van der Waals surface area (Å²) in [5.41, 5.74) is 3.97. The third kappa shape index (κ3) is 2.97. The Labute approximate surface area is 63.3 Å². The zero-order chi connectivity index (χ0) is 8.15. The third-order valence-electron chi connectivity index (χ3n) is 2.28. The molecule has 0 aromatic rings. The van der Waals surface area contributed by atoms with Gasteiger partial charge in [-0.2, -0.15) is 0 Å². The van der Waals surface area contributed by atoms with Crippen molar-refractivity contribution >= 4 is 6.21 Å². The molecule has 0 spiro atoms. The van der Waals surface area contributed by atoms with E-state index < -0.39 is 0 Å². The van der Waals surface area contributed by atoms with Crippen molar-refractivity contribution in [2.75, 3.05) is 0 Å². The highest BCUT2D eigenvalue weighted by atomic mass is 14.6. The first-order valence-corrected chi connectivity index (χ1v) is 3.91. The van der Waals surface area contributed by atoms with Crippen LogP contribution in [0, 0.1) is 17.2 Å². The minimum absolute atomic E-state index is 0.495. The first-order valence-electron chi connectivity index (χ1n) is 3.91. The van der Waals surface area contributed by atoms with Crippen LogP contribution in [-0.4, -0.2) is 12.3 Å². The van der Waals surface area contributed by atoms with Crippen LogP contribution >= 0.6 is 0 Å². The van der Waals surface area contributed by atoms with E-state index in [9.17, 15) is 0 Å². The Hall–Kier alpha value is -0.370. The molecule has 0 amide bonds. The molecular formula is C8H19N2+. The molecule has 60 valence electrons. The van der Waals surface area contributed by atoms with Gasteiger partial charge in [0.2, 0.25) is 0 Å². The summed E-state index contributed by atoms with van der Waals surface area (Å²) in [6, 6.07) is 0.495. The van der Waals surface area contributed by atoms with Gasteiger partial charge in [0.05, 0.1) is 6.04 Å². The fourth-order valence-corrected chi connectivity index (χ4v) is 0.961. The van der Waals surface area contributed by atoms with Crippen molar-refractivity contribution in [1.82, 2.24) is 0 Å². The second-order valence-electron chi connectivity index (χ2n) is 3.25. The van der Waals surface area contributed by atoms with Gasteiger partial charge < -0.3 is 11.1 Å². The first-order chi connectivity index (χ1) is 4.59. The molecule has 3 atom stereocenters. The average Bonchev–Trinajstić information content (AvgIpc) is 1.87. The smallest absolute Gasteiger partial charge is 0.0843 e. The summed E-state index contributed by atoms with van der Waals surface area (Å²) in [6.45, 7) is 6.51. The fourth-order valence-electron chi connectivity index (χ4n) is 0.961. The van der Waals surface area contributed by atoms with Crippen LogP contribution in [0.2, 0.25) is 0 Å². The van der Waals surface area contributed by atoms with E-state index in [-0.39, 0.29) is 0 Å². The molecule has 0 aromatic heterocycles. The summed E-state index contributed by atoms with van der Waals surface area (Å²) < 4.78 is 0. The number of rotatable bonds is 4. The van der Waals surface area contributed by atoms with Crippen LogP contribution in [0.1, 0.15) is 27.2 Å². The van der Waals surface area contributed by atoms with E-state index in [0.717, 1.165) is 6.42 Å². The summed E-state index contributed by atoms with van der Waals surface area (Å²) in [6.07, 6.45) is 2.38. The normalized spacial score (nSPS) is 19.6. The molecule has 0 saturated heterocycles. The van der Waals surface area contributed by atoms with E-state index in [1.807, 2.05) is 0 Å². The highest BCUT2D eigenvalue weighted by Crippen LogP contribution is 2.14. The Morgan fingerprint density at radius 2 is 1.90 bits per heavy atom. The van der Waals surface area contributed by atoms with Crippen LogP contribution in [0.3, 0.4) is 0 Å². The van der Waals surface area contributed by atoms with E-state index in [1.54, 1.807) is 0 Å². The van der Waals surface area contributed by atoms with Crippen molar-refractivity contribution in [3.8, 4) is 0 Å². The molecule has 0 bridgehead atoms. The summed E-state index contributed by atoms with van der Waals surface area (Å²) in [5.74, 6) is 1.23. The lowest BCUT2D eigenvalue weighted by Crippen LogP contribution is -2.63. The van der Waals surface area contributed by atoms with Crippen molar-refractivity contribution in [3.05, 3.63) is 0 Å². The van der Waals surface area contributed by atoms with E-state index in [0.29, 0.717) is 17.9 Å². The lowest BCUT2D eigenvalue weighted by molar-refractivity contribution is -0.428. The summed E-state index contributed by atoms with van der Waals surface area (Å²) in [4.78, 5) is 0. The SMILES string of the molecule is CC([NH3+])C(C)C(C)CC=N. The summed E-state index contributed by atoms with van der Waals surface area (Å²) >= 11 is 0. The monoisotopic (exact) mass is 143 g/mol. The van der Waals surface area contributed by atoms with E-state index in [1.165, 1.54) is 6.21 Å². The molecule has 0 fully saturated rings. The molecule has 2 heteroatoms. The minimum atomic E-state index is 0.495. The van der Waals surface area contributed by atoms with Crippen LogP contribution in [0.15, 0.2) is 0 Å². The number of quaternary nitrogens is 1. The topological polar surface area (TPSA) is 51.5 Å². The molecule has 10 heavy (non-hydrogen) atoms. The van der Waals surface area contributed by atoms with Gasteiger partial charge in [-0.15, -0.1) is 0 Å². The van der Waals surface area contributed by atoms with Gasteiger partial charge in [0.1, 0.15) is 0 Å². The van der Waals surface area contributed by atoms with Gasteiger partial charge >= 0.3 is 0 Å². The Kier molecular flexibility index (Phi) is 4.28. The van der Waals surface area contributed by atoms with Crippen LogP contribution < -0.4 is 5.73 Å². The Balaban J connectivity index is 3.68. The Morgan fingerprint density at radius 3 is 2.20 bits per heavy atom. The molecule has 0 saturated carbocycles. The molecule has 0 aliphatic carbocycles. The number of hydrogen-bond donors (Lipinski definition) is 2. The Morgan fingerprint density at radius 1 is 1.40 bits per heavy atom. The first kappa shape index (κ1) is 9.63. The van der Waals surface area contributed by atoms with Crippen molar-refractivity contribution < 1.29 is 5.73 Å². The molecule has 0 aliphatic heterocycles. The van der Waals surface area contributed by atoms with Crippen LogP contribution in [0.25, 0.3) is 0 Å². The highest BCUT2D eigenvalue weighted by Gasteiger charge is 2.16. The molecule has 0 heterocycles. The predicted octanol–water partition coefficient (Wildman–Crippen LogP) is 0.929. The van der Waals surface area contributed by atoms with Crippen molar-refractivity contribution in [2.24, 2.45) is 11.8 Å². The molecule has 0 aliphatic rings. The average molecular weight is 143 g/mol. The van der Waals surface area contributed by atoms with Gasteiger partial charge in [0.25, 0.3) is 0 Å². The van der Waals surface area contributed by atoms with Crippen LogP contribution in [-0.2, 0) is 0 Å². The largest absolute Gasteiger partial charge is 0.355 e. The van der Waals surface area contributed by atoms with Crippen molar-refractivity contribution in [2.45, 2.75) is 33.2 Å². The van der Waals surface area contributed by atoms with Gasteiger partial charge in [-0.25, -0.2) is 0 Å². The fraction of sp³-hybridized carbons (Fsp3) is 0.875. The van der Waals surface area contributed by atoms with E-state index >= 15 is 0 Å². The second kappa shape index (κ2) is 4.45. The zero-order valence-corrected chi connectivity index (χ0v) is 7.22. The Bertz CT molecular complexity index is 99.4. The minimum Gasteiger partial charge on any atom is -0.355 e. The van der Waals surface area contributed by atoms with Gasteiger partial charge in [-0.1, -0.05) is 13.8 Å². The summed E-state index contributed by atoms with van der Waals surface area (Å²) in [7, 11) is 0. The number of hydrogen-bond acceptors (Lipinski definition) is 1. The van der Waals surface area contributed by atoms with Gasteiger partial charge in [0, 0.05) is 5.92 Å². The van der Waals surface area contributed by atoms with Crippen molar-refractivity contribution in [1.29, 1.82) is 5.41 Å². The molecule has 0 rings (SSSR count). The standard InChI is InChI=1S/C8H18N2/c1-6(4-5-9)7(2)8(3)10/h5-9H,4,10H2,1-3H3/p+1.